The molecule has 0 unspecified atom stereocenters. The quantitative estimate of drug-likeness (QED) is 0.803. The van der Waals surface area contributed by atoms with E-state index in [0.29, 0.717) is 6.10 Å². The molecule has 13 heavy (non-hydrogen) atoms. The first-order valence-electron chi connectivity index (χ1n) is 3.70. The Bertz CT molecular complexity index is 250. The molecule has 1 aliphatic rings. The summed E-state index contributed by atoms with van der Waals surface area (Å²) in [6.07, 6.45) is 3.95. The van der Waals surface area contributed by atoms with Gasteiger partial charge in [0.25, 0.3) is 0 Å². The van der Waals surface area contributed by atoms with E-state index in [9.17, 15) is 0 Å². The number of aryl methyl sites for hydroxylation is 1. The number of halogens is 2. The number of nitrogens with zero attached hydrogens (tertiary/aromatic N) is 2. The summed E-state index contributed by atoms with van der Waals surface area (Å²) in [5, 5.41) is 7.14. The number of hydrogen-bond acceptors (Lipinski definition) is 3. The van der Waals surface area contributed by atoms with Gasteiger partial charge in [0.2, 0.25) is 0 Å². The third-order valence-electron chi connectivity index (χ3n) is 1.73. The van der Waals surface area contributed by atoms with Gasteiger partial charge in [-0.3, -0.25) is 4.68 Å². The normalized spacial score (nSPS) is 15.2. The molecule has 4 nitrogen and oxygen atoms in total. The van der Waals surface area contributed by atoms with Crippen molar-refractivity contribution in [1.29, 1.82) is 0 Å². The van der Waals surface area contributed by atoms with Gasteiger partial charge in [0.15, 0.2) is 5.75 Å². The van der Waals surface area contributed by atoms with Crippen LogP contribution in [0.4, 0.5) is 0 Å². The molecule has 0 spiro atoms. The van der Waals surface area contributed by atoms with Gasteiger partial charge in [-0.25, -0.2) is 0 Å². The van der Waals surface area contributed by atoms with Crippen molar-refractivity contribution in [3.8, 4) is 5.75 Å². The fraction of sp³-hybridized carbons (Fsp3) is 0.571. The minimum atomic E-state index is 0. The van der Waals surface area contributed by atoms with Crippen molar-refractivity contribution in [2.45, 2.75) is 6.10 Å². The molecule has 1 aliphatic heterocycles. The standard InChI is InChI=1S/C7H11N3O.2ClH/c1-10-5-7(4-9-10)11-6-2-8-3-6;;/h4-6,8H,2-3H2,1H3;2*1H. The predicted molar refractivity (Wildman–Crippen MR) is 55.0 cm³/mol. The highest BCUT2D eigenvalue weighted by Crippen LogP contribution is 2.11. The number of hydrogen-bond donors (Lipinski definition) is 1. The highest BCUT2D eigenvalue weighted by molar-refractivity contribution is 5.85. The Kier molecular flexibility index (Phi) is 5.13. The van der Waals surface area contributed by atoms with E-state index in [0.717, 1.165) is 18.8 Å². The Hall–Kier alpha value is -0.450. The second kappa shape index (κ2) is 5.32. The van der Waals surface area contributed by atoms with Crippen molar-refractivity contribution >= 4 is 24.8 Å². The van der Waals surface area contributed by atoms with Crippen LogP contribution in [0.2, 0.25) is 0 Å². The summed E-state index contributed by atoms with van der Waals surface area (Å²) in [6.45, 7) is 1.91. The average molecular weight is 226 g/mol. The molecule has 76 valence electrons. The van der Waals surface area contributed by atoms with Gasteiger partial charge in [0, 0.05) is 20.1 Å². The maximum Gasteiger partial charge on any atom is 0.157 e. The van der Waals surface area contributed by atoms with Gasteiger partial charge in [-0.05, 0) is 0 Å². The Morgan fingerprint density at radius 1 is 1.54 bits per heavy atom. The highest BCUT2D eigenvalue weighted by Gasteiger charge is 2.18. The largest absolute Gasteiger partial charge is 0.484 e. The van der Waals surface area contributed by atoms with E-state index in [1.165, 1.54) is 0 Å². The molecule has 1 aromatic rings. The van der Waals surface area contributed by atoms with E-state index in [-0.39, 0.29) is 24.8 Å². The summed E-state index contributed by atoms with van der Waals surface area (Å²) in [7, 11) is 1.88. The first-order valence-corrected chi connectivity index (χ1v) is 3.70. The van der Waals surface area contributed by atoms with E-state index >= 15 is 0 Å². The molecular weight excluding hydrogens is 213 g/mol. The molecule has 6 heteroatoms. The van der Waals surface area contributed by atoms with E-state index in [2.05, 4.69) is 10.4 Å². The van der Waals surface area contributed by atoms with Gasteiger partial charge in [-0.1, -0.05) is 0 Å². The number of nitrogens with one attached hydrogen (secondary N) is 1. The van der Waals surface area contributed by atoms with Crippen LogP contribution in [0, 0.1) is 0 Å². The van der Waals surface area contributed by atoms with Crippen LogP contribution in [0.25, 0.3) is 0 Å². The molecule has 1 saturated heterocycles. The Labute approximate surface area is 89.5 Å². The lowest BCUT2D eigenvalue weighted by atomic mass is 10.2. The van der Waals surface area contributed by atoms with Crippen molar-refractivity contribution in [2.75, 3.05) is 13.1 Å². The molecule has 0 amide bonds. The third-order valence-corrected chi connectivity index (χ3v) is 1.73. The number of ether oxygens (including phenoxy) is 1. The van der Waals surface area contributed by atoms with E-state index in [4.69, 9.17) is 4.74 Å². The average Bonchev–Trinajstić information content (AvgIpc) is 2.27. The number of aromatic nitrogens is 2. The smallest absolute Gasteiger partial charge is 0.157 e. The molecule has 2 heterocycles. The zero-order valence-electron chi connectivity index (χ0n) is 7.27. The lowest BCUT2D eigenvalue weighted by molar-refractivity contribution is 0.142. The van der Waals surface area contributed by atoms with Gasteiger partial charge in [0.1, 0.15) is 6.10 Å². The number of rotatable bonds is 2. The molecule has 0 aliphatic carbocycles. The highest BCUT2D eigenvalue weighted by atomic mass is 35.5. The van der Waals surface area contributed by atoms with E-state index < -0.39 is 0 Å². The van der Waals surface area contributed by atoms with Crippen molar-refractivity contribution in [3.63, 3.8) is 0 Å². The summed E-state index contributed by atoms with van der Waals surface area (Å²) in [5.74, 6) is 0.860. The van der Waals surface area contributed by atoms with Crippen LogP contribution in [0.3, 0.4) is 0 Å². The van der Waals surface area contributed by atoms with Gasteiger partial charge >= 0.3 is 0 Å². The Balaban J connectivity index is 0.000000720. The Morgan fingerprint density at radius 3 is 2.62 bits per heavy atom. The lowest BCUT2D eigenvalue weighted by Crippen LogP contribution is -2.50. The molecule has 0 bridgehead atoms. The maximum absolute atomic E-state index is 5.53. The molecule has 0 radical (unpaired) electrons. The summed E-state index contributed by atoms with van der Waals surface area (Å²) in [4.78, 5) is 0. The fourth-order valence-electron chi connectivity index (χ4n) is 0.998. The van der Waals surface area contributed by atoms with Crippen molar-refractivity contribution in [2.24, 2.45) is 7.05 Å². The molecule has 0 aromatic carbocycles. The van der Waals surface area contributed by atoms with Crippen LogP contribution >= 0.6 is 24.8 Å². The monoisotopic (exact) mass is 225 g/mol. The molecule has 0 atom stereocenters. The van der Waals surface area contributed by atoms with Crippen LogP contribution in [0.15, 0.2) is 12.4 Å². The second-order valence-electron chi connectivity index (χ2n) is 2.75. The van der Waals surface area contributed by atoms with Crippen molar-refractivity contribution < 1.29 is 4.74 Å². The Morgan fingerprint density at radius 2 is 2.23 bits per heavy atom. The molecule has 1 N–H and O–H groups in total. The predicted octanol–water partition coefficient (Wildman–Crippen LogP) is 0.614. The van der Waals surface area contributed by atoms with Crippen LogP contribution in [0.5, 0.6) is 5.75 Å². The summed E-state index contributed by atoms with van der Waals surface area (Å²) in [6, 6.07) is 0. The van der Waals surface area contributed by atoms with Gasteiger partial charge in [0.05, 0.1) is 12.4 Å². The SMILES string of the molecule is Cl.Cl.Cn1cc(OC2CNC2)cn1. The van der Waals surface area contributed by atoms with E-state index in [1.54, 1.807) is 10.9 Å². The second-order valence-corrected chi connectivity index (χ2v) is 2.75. The fourth-order valence-corrected chi connectivity index (χ4v) is 0.998. The lowest BCUT2D eigenvalue weighted by Gasteiger charge is -2.26. The van der Waals surface area contributed by atoms with Crippen LogP contribution < -0.4 is 10.1 Å². The minimum absolute atomic E-state index is 0. The molecule has 1 aromatic heterocycles. The first kappa shape index (κ1) is 12.6. The maximum atomic E-state index is 5.53. The molecule has 2 rings (SSSR count). The summed E-state index contributed by atoms with van der Waals surface area (Å²) >= 11 is 0. The van der Waals surface area contributed by atoms with Crippen molar-refractivity contribution in [3.05, 3.63) is 12.4 Å². The summed E-state index contributed by atoms with van der Waals surface area (Å²) < 4.78 is 7.26. The van der Waals surface area contributed by atoms with E-state index in [1.807, 2.05) is 13.2 Å². The minimum Gasteiger partial charge on any atom is -0.484 e. The molecular formula is C7H13Cl2N3O. The van der Waals surface area contributed by atoms with Gasteiger partial charge in [-0.2, -0.15) is 5.10 Å². The zero-order chi connectivity index (χ0) is 7.68. The van der Waals surface area contributed by atoms with Gasteiger partial charge < -0.3 is 10.1 Å². The molecule has 0 saturated carbocycles. The third kappa shape index (κ3) is 3.06. The van der Waals surface area contributed by atoms with Crippen LogP contribution in [-0.4, -0.2) is 29.0 Å². The van der Waals surface area contributed by atoms with Crippen LogP contribution in [-0.2, 0) is 7.05 Å². The van der Waals surface area contributed by atoms with Crippen LogP contribution in [0.1, 0.15) is 0 Å². The molecule has 1 fully saturated rings. The first-order chi connectivity index (χ1) is 5.34. The van der Waals surface area contributed by atoms with Gasteiger partial charge in [-0.15, -0.1) is 24.8 Å². The van der Waals surface area contributed by atoms with Crippen molar-refractivity contribution in [1.82, 2.24) is 15.1 Å². The topological polar surface area (TPSA) is 39.1 Å². The summed E-state index contributed by atoms with van der Waals surface area (Å²) in [5.41, 5.74) is 0. The zero-order valence-corrected chi connectivity index (χ0v) is 8.90.